The van der Waals surface area contributed by atoms with Crippen LogP contribution in [-0.4, -0.2) is 23.3 Å². The number of nitrogens with one attached hydrogen (secondary N) is 1. The molecule has 4 heteroatoms. The van der Waals surface area contributed by atoms with Crippen molar-refractivity contribution in [2.45, 2.75) is 6.42 Å². The monoisotopic (exact) mass is 164 g/mol. The van der Waals surface area contributed by atoms with Crippen LogP contribution >= 0.6 is 0 Å². The van der Waals surface area contributed by atoms with Gasteiger partial charge in [0.05, 0.1) is 7.11 Å². The van der Waals surface area contributed by atoms with Gasteiger partial charge in [0.15, 0.2) is 0 Å². The number of hydrogen-bond acceptors (Lipinski definition) is 3. The molecular formula is C8H8N2O2. The van der Waals surface area contributed by atoms with E-state index < -0.39 is 0 Å². The Morgan fingerprint density at radius 2 is 2.67 bits per heavy atom. The molecule has 1 aromatic heterocycles. The van der Waals surface area contributed by atoms with Gasteiger partial charge in [0.2, 0.25) is 0 Å². The third kappa shape index (κ3) is 2.46. The van der Waals surface area contributed by atoms with Gasteiger partial charge in [0.1, 0.15) is 12.1 Å². The van der Waals surface area contributed by atoms with Crippen molar-refractivity contribution in [2.75, 3.05) is 7.11 Å². The Bertz CT molecular complexity index is 306. The first-order chi connectivity index (χ1) is 5.83. The average molecular weight is 164 g/mol. The Hall–Kier alpha value is -1.76. The van der Waals surface area contributed by atoms with Crippen LogP contribution in [0.5, 0.6) is 0 Å². The summed E-state index contributed by atoms with van der Waals surface area (Å²) in [4.78, 5) is 10.6. The van der Waals surface area contributed by atoms with E-state index in [0.717, 1.165) is 0 Å². The fourth-order valence-electron chi connectivity index (χ4n) is 0.609. The summed E-state index contributed by atoms with van der Waals surface area (Å²) in [7, 11) is 1.33. The van der Waals surface area contributed by atoms with E-state index in [9.17, 15) is 4.79 Å². The highest BCUT2D eigenvalue weighted by atomic mass is 16.5. The third-order valence-electron chi connectivity index (χ3n) is 1.18. The maximum absolute atomic E-state index is 10.6. The van der Waals surface area contributed by atoms with E-state index in [1.54, 1.807) is 12.3 Å². The SMILES string of the molecule is COC(=O)CC#Cc1ccn[nH]1. The lowest BCUT2D eigenvalue weighted by Crippen LogP contribution is -1.96. The average Bonchev–Trinajstić information content (AvgIpc) is 2.57. The van der Waals surface area contributed by atoms with E-state index in [0.29, 0.717) is 5.69 Å². The molecule has 0 atom stereocenters. The summed E-state index contributed by atoms with van der Waals surface area (Å²) in [6.07, 6.45) is 1.71. The number of methoxy groups -OCH3 is 1. The zero-order valence-electron chi connectivity index (χ0n) is 6.63. The molecule has 0 saturated heterocycles. The van der Waals surface area contributed by atoms with Gasteiger partial charge in [-0.25, -0.2) is 0 Å². The van der Waals surface area contributed by atoms with Gasteiger partial charge in [-0.2, -0.15) is 5.10 Å². The summed E-state index contributed by atoms with van der Waals surface area (Å²) >= 11 is 0. The largest absolute Gasteiger partial charge is 0.468 e. The molecule has 0 aliphatic rings. The van der Waals surface area contributed by atoms with E-state index in [2.05, 4.69) is 26.8 Å². The summed E-state index contributed by atoms with van der Waals surface area (Å²) in [5.41, 5.74) is 0.693. The second kappa shape index (κ2) is 4.19. The molecular weight excluding hydrogens is 156 g/mol. The standard InChI is InChI=1S/C8H8N2O2/c1-12-8(11)4-2-3-7-5-6-9-10-7/h5-6H,4H2,1H3,(H,9,10). The second-order valence-electron chi connectivity index (χ2n) is 2.03. The first-order valence-corrected chi connectivity index (χ1v) is 3.38. The van der Waals surface area contributed by atoms with Crippen LogP contribution in [0.1, 0.15) is 12.1 Å². The van der Waals surface area contributed by atoms with E-state index in [1.807, 2.05) is 0 Å². The Kier molecular flexibility index (Phi) is 2.91. The minimum atomic E-state index is -0.331. The topological polar surface area (TPSA) is 55.0 Å². The predicted octanol–water partition coefficient (Wildman–Crippen LogP) is 0.324. The van der Waals surface area contributed by atoms with E-state index in [1.165, 1.54) is 7.11 Å². The predicted molar refractivity (Wildman–Crippen MR) is 42.1 cm³/mol. The molecule has 0 aliphatic heterocycles. The Labute approximate surface area is 69.9 Å². The highest BCUT2D eigenvalue weighted by Gasteiger charge is 1.93. The first-order valence-electron chi connectivity index (χ1n) is 3.38. The van der Waals surface area contributed by atoms with Gasteiger partial charge in [-0.05, 0) is 12.0 Å². The molecule has 1 aromatic rings. The number of carbonyl (C=O) groups is 1. The molecule has 0 unspecified atom stereocenters. The van der Waals surface area contributed by atoms with Crippen LogP contribution in [0.2, 0.25) is 0 Å². The minimum Gasteiger partial charge on any atom is -0.468 e. The van der Waals surface area contributed by atoms with E-state index in [4.69, 9.17) is 0 Å². The van der Waals surface area contributed by atoms with Crippen LogP contribution < -0.4 is 0 Å². The lowest BCUT2D eigenvalue weighted by molar-refractivity contribution is -0.139. The fourth-order valence-corrected chi connectivity index (χ4v) is 0.609. The van der Waals surface area contributed by atoms with Crippen molar-refractivity contribution in [3.05, 3.63) is 18.0 Å². The number of ether oxygens (including phenoxy) is 1. The fraction of sp³-hybridized carbons (Fsp3) is 0.250. The molecule has 1 N–H and O–H groups in total. The number of hydrogen-bond donors (Lipinski definition) is 1. The molecule has 0 aliphatic carbocycles. The van der Waals surface area contributed by atoms with E-state index >= 15 is 0 Å². The summed E-state index contributed by atoms with van der Waals surface area (Å²) in [5, 5.41) is 6.35. The number of H-pyrrole nitrogens is 1. The number of carbonyl (C=O) groups excluding carboxylic acids is 1. The van der Waals surface area contributed by atoms with Gasteiger partial charge < -0.3 is 4.74 Å². The highest BCUT2D eigenvalue weighted by molar-refractivity contribution is 5.72. The van der Waals surface area contributed by atoms with Crippen LogP contribution in [0.15, 0.2) is 12.3 Å². The van der Waals surface area contributed by atoms with Crippen molar-refractivity contribution in [3.8, 4) is 11.8 Å². The van der Waals surface area contributed by atoms with Crippen LogP contribution in [0.25, 0.3) is 0 Å². The lowest BCUT2D eigenvalue weighted by atomic mass is 10.4. The van der Waals surface area contributed by atoms with Crippen molar-refractivity contribution in [1.29, 1.82) is 0 Å². The van der Waals surface area contributed by atoms with Crippen LogP contribution in [0, 0.1) is 11.8 Å². The number of nitrogens with zero attached hydrogens (tertiary/aromatic N) is 1. The molecule has 0 saturated carbocycles. The quantitative estimate of drug-likeness (QED) is 0.480. The van der Waals surface area contributed by atoms with Gasteiger partial charge >= 0.3 is 5.97 Å². The van der Waals surface area contributed by atoms with Crippen LogP contribution in [-0.2, 0) is 9.53 Å². The molecule has 0 aromatic carbocycles. The van der Waals surface area contributed by atoms with Crippen LogP contribution in [0.3, 0.4) is 0 Å². The maximum atomic E-state index is 10.6. The van der Waals surface area contributed by atoms with E-state index in [-0.39, 0.29) is 12.4 Å². The van der Waals surface area contributed by atoms with Crippen molar-refractivity contribution >= 4 is 5.97 Å². The smallest absolute Gasteiger partial charge is 0.317 e. The van der Waals surface area contributed by atoms with Gasteiger partial charge in [0, 0.05) is 6.20 Å². The third-order valence-corrected chi connectivity index (χ3v) is 1.18. The summed E-state index contributed by atoms with van der Waals surface area (Å²) in [5.74, 6) is 5.03. The van der Waals surface area contributed by atoms with Crippen LogP contribution in [0.4, 0.5) is 0 Å². The first kappa shape index (κ1) is 8.34. The molecule has 0 bridgehead atoms. The molecule has 1 heterocycles. The summed E-state index contributed by atoms with van der Waals surface area (Å²) in [6, 6.07) is 1.73. The van der Waals surface area contributed by atoms with Gasteiger partial charge in [0.25, 0.3) is 0 Å². The lowest BCUT2D eigenvalue weighted by Gasteiger charge is -1.88. The molecule has 12 heavy (non-hydrogen) atoms. The molecule has 62 valence electrons. The zero-order valence-corrected chi connectivity index (χ0v) is 6.63. The molecule has 4 nitrogen and oxygen atoms in total. The van der Waals surface area contributed by atoms with Gasteiger partial charge in [-0.15, -0.1) is 0 Å². The van der Waals surface area contributed by atoms with Crippen molar-refractivity contribution in [2.24, 2.45) is 0 Å². The molecule has 0 amide bonds. The Morgan fingerprint density at radius 3 is 3.25 bits per heavy atom. The second-order valence-corrected chi connectivity index (χ2v) is 2.03. The molecule has 1 rings (SSSR count). The van der Waals surface area contributed by atoms with Gasteiger partial charge in [-0.1, -0.05) is 5.92 Å². The summed E-state index contributed by atoms with van der Waals surface area (Å²) < 4.78 is 4.40. The highest BCUT2D eigenvalue weighted by Crippen LogP contribution is 1.87. The Morgan fingerprint density at radius 1 is 1.83 bits per heavy atom. The maximum Gasteiger partial charge on any atom is 0.317 e. The molecule has 0 spiro atoms. The molecule has 0 radical (unpaired) electrons. The Balaban J connectivity index is 2.45. The number of aromatic nitrogens is 2. The summed E-state index contributed by atoms with van der Waals surface area (Å²) in [6.45, 7) is 0. The number of aromatic amines is 1. The van der Waals surface area contributed by atoms with Crippen molar-refractivity contribution < 1.29 is 9.53 Å². The number of esters is 1. The normalized spacial score (nSPS) is 8.42. The minimum absolute atomic E-state index is 0.107. The van der Waals surface area contributed by atoms with Crippen molar-refractivity contribution in [3.63, 3.8) is 0 Å². The zero-order chi connectivity index (χ0) is 8.81. The molecule has 0 fully saturated rings. The number of rotatable bonds is 1. The van der Waals surface area contributed by atoms with Crippen molar-refractivity contribution in [1.82, 2.24) is 10.2 Å². The van der Waals surface area contributed by atoms with Gasteiger partial charge in [-0.3, -0.25) is 9.89 Å².